The van der Waals surface area contributed by atoms with Crippen molar-refractivity contribution in [2.45, 2.75) is 25.7 Å². The number of nitrogen functional groups attached to an aromatic ring is 1. The van der Waals surface area contributed by atoms with Crippen LogP contribution in [0.3, 0.4) is 0 Å². The van der Waals surface area contributed by atoms with E-state index in [0.29, 0.717) is 17.6 Å². The lowest BCUT2D eigenvalue weighted by Crippen LogP contribution is -2.23. The summed E-state index contributed by atoms with van der Waals surface area (Å²) in [5.41, 5.74) is 6.43. The van der Waals surface area contributed by atoms with Crippen molar-refractivity contribution in [1.29, 1.82) is 0 Å². The van der Waals surface area contributed by atoms with Crippen molar-refractivity contribution in [2.24, 2.45) is 0 Å². The van der Waals surface area contributed by atoms with E-state index < -0.39 is 20.2 Å². The second-order valence-corrected chi connectivity index (χ2v) is 6.40. The average Bonchev–Trinajstić information content (AvgIpc) is 3.10. The molecule has 1 aliphatic rings. The van der Waals surface area contributed by atoms with E-state index in [1.807, 2.05) is 0 Å². The summed E-state index contributed by atoms with van der Waals surface area (Å²) >= 11 is 0. The Morgan fingerprint density at radius 2 is 2.21 bits per heavy atom. The van der Waals surface area contributed by atoms with Crippen LogP contribution in [0.15, 0.2) is 24.2 Å². The number of nitrogens with zero attached hydrogens (tertiary/aromatic N) is 4. The van der Waals surface area contributed by atoms with Crippen molar-refractivity contribution in [3.8, 4) is 0 Å². The van der Waals surface area contributed by atoms with Gasteiger partial charge in [-0.25, -0.2) is 19.5 Å². The van der Waals surface area contributed by atoms with Gasteiger partial charge in [0.05, 0.1) is 0 Å². The molecule has 3 rings (SSSR count). The lowest BCUT2D eigenvalue weighted by atomic mass is 10.2. The first-order valence-electron chi connectivity index (χ1n) is 6.96. The van der Waals surface area contributed by atoms with E-state index >= 15 is 0 Å². The number of ether oxygens (including phenoxy) is 1. The van der Waals surface area contributed by atoms with Gasteiger partial charge in [0.15, 0.2) is 23.3 Å². The molecular formula is C12H16N5O6P. The maximum absolute atomic E-state index is 11.6. The standard InChI is InChI=1S/C12H16N5O6P/c1-3-6-9(23-24(19,20)21-2)8(18)12(22-6)17-5-16-7-10(13)14-4-15-11(7)17/h4-5,8,12,18H,3H2,1-2H3,(H,19,20)(H2,13,14,15)/t8?,12-/m1/s1. The fraction of sp³-hybridized carbons (Fsp3) is 0.417. The molecule has 3 heterocycles. The van der Waals surface area contributed by atoms with Crippen molar-refractivity contribution in [1.82, 2.24) is 19.5 Å². The van der Waals surface area contributed by atoms with E-state index in [2.05, 4.69) is 19.5 Å². The molecule has 3 atom stereocenters. The monoisotopic (exact) mass is 357 g/mol. The zero-order valence-electron chi connectivity index (χ0n) is 12.9. The maximum atomic E-state index is 11.6. The van der Waals surface area contributed by atoms with Gasteiger partial charge in [0.25, 0.3) is 0 Å². The Hall–Kier alpha value is -2.20. The third kappa shape index (κ3) is 2.71. The molecule has 2 unspecified atom stereocenters. The minimum absolute atomic E-state index is 0.168. The van der Waals surface area contributed by atoms with Gasteiger partial charge in [-0.05, 0) is 0 Å². The molecule has 0 saturated carbocycles. The van der Waals surface area contributed by atoms with Crippen LogP contribution in [0.25, 0.3) is 11.2 Å². The number of hydrogen-bond acceptors (Lipinski definition) is 9. The Morgan fingerprint density at radius 1 is 1.46 bits per heavy atom. The van der Waals surface area contributed by atoms with Crippen LogP contribution in [0.2, 0.25) is 0 Å². The molecule has 24 heavy (non-hydrogen) atoms. The first-order chi connectivity index (χ1) is 11.4. The predicted octanol–water partition coefficient (Wildman–Crippen LogP) is 0.683. The first-order valence-corrected chi connectivity index (χ1v) is 8.46. The summed E-state index contributed by atoms with van der Waals surface area (Å²) in [5, 5.41) is 10.5. The highest BCUT2D eigenvalue weighted by atomic mass is 31.2. The van der Waals surface area contributed by atoms with Gasteiger partial charge in [0.1, 0.15) is 23.9 Å². The van der Waals surface area contributed by atoms with E-state index in [4.69, 9.17) is 15.0 Å². The average molecular weight is 357 g/mol. The van der Waals surface area contributed by atoms with Gasteiger partial charge in [-0.2, -0.15) is 0 Å². The Balaban J connectivity index is 1.97. The van der Waals surface area contributed by atoms with E-state index in [-0.39, 0.29) is 17.3 Å². The molecule has 2 aromatic rings. The van der Waals surface area contributed by atoms with Crippen molar-refractivity contribution in [3.05, 3.63) is 24.2 Å². The molecule has 0 bridgehead atoms. The highest BCUT2D eigenvalue weighted by Crippen LogP contribution is 2.49. The summed E-state index contributed by atoms with van der Waals surface area (Å²) in [7, 11) is -3.31. The fourth-order valence-electron chi connectivity index (χ4n) is 2.35. The van der Waals surface area contributed by atoms with Gasteiger partial charge >= 0.3 is 7.82 Å². The molecule has 0 aliphatic carbocycles. The van der Waals surface area contributed by atoms with Crippen LogP contribution in [-0.4, -0.2) is 42.7 Å². The number of rotatable bonds is 5. The summed E-state index contributed by atoms with van der Waals surface area (Å²) in [4.78, 5) is 21.5. The Kier molecular flexibility index (Phi) is 4.18. The summed E-state index contributed by atoms with van der Waals surface area (Å²) in [6.07, 6.45) is 0.635. The quantitative estimate of drug-likeness (QED) is 0.650. The van der Waals surface area contributed by atoms with Crippen molar-refractivity contribution in [2.75, 3.05) is 12.8 Å². The van der Waals surface area contributed by atoms with Gasteiger partial charge in [-0.15, -0.1) is 0 Å². The zero-order valence-corrected chi connectivity index (χ0v) is 13.8. The SMILES string of the molecule is CCC1=C(OP(=O)(O)OC)C(O)[C@H](n2cnc3c(N)ncnc32)O1. The molecule has 0 amide bonds. The van der Waals surface area contributed by atoms with Crippen molar-refractivity contribution < 1.29 is 28.3 Å². The number of nitrogens with two attached hydrogens (primary N) is 1. The molecule has 0 fully saturated rings. The van der Waals surface area contributed by atoms with E-state index in [1.54, 1.807) is 6.92 Å². The number of aliphatic hydroxyl groups is 1. The molecule has 4 N–H and O–H groups in total. The third-order valence-corrected chi connectivity index (χ3v) is 4.39. The van der Waals surface area contributed by atoms with Gasteiger partial charge in [0.2, 0.25) is 6.23 Å². The molecule has 130 valence electrons. The highest BCUT2D eigenvalue weighted by molar-refractivity contribution is 7.47. The topological polar surface area (TPSA) is 155 Å². The molecular weight excluding hydrogens is 341 g/mol. The Morgan fingerprint density at radius 3 is 2.88 bits per heavy atom. The van der Waals surface area contributed by atoms with Crippen LogP contribution in [0, 0.1) is 0 Å². The van der Waals surface area contributed by atoms with Crippen LogP contribution >= 0.6 is 7.82 Å². The van der Waals surface area contributed by atoms with E-state index in [0.717, 1.165) is 7.11 Å². The number of allylic oxidation sites excluding steroid dienone is 1. The van der Waals surface area contributed by atoms with Crippen LogP contribution < -0.4 is 5.73 Å². The lowest BCUT2D eigenvalue weighted by Gasteiger charge is -2.18. The summed E-state index contributed by atoms with van der Waals surface area (Å²) in [6.45, 7) is 1.75. The molecule has 2 aromatic heterocycles. The number of aliphatic hydroxyl groups excluding tert-OH is 1. The molecule has 0 aromatic carbocycles. The molecule has 1 aliphatic heterocycles. The fourth-order valence-corrected chi connectivity index (χ4v) is 2.88. The Bertz CT molecular complexity index is 852. The number of aromatic nitrogens is 4. The number of anilines is 1. The molecule has 0 saturated heterocycles. The summed E-state index contributed by atoms with van der Waals surface area (Å²) < 4.78 is 28.1. The lowest BCUT2D eigenvalue weighted by molar-refractivity contribution is -0.00754. The minimum Gasteiger partial charge on any atom is -0.467 e. The van der Waals surface area contributed by atoms with Crippen LogP contribution in [-0.2, 0) is 18.3 Å². The van der Waals surface area contributed by atoms with Gasteiger partial charge < -0.3 is 20.1 Å². The van der Waals surface area contributed by atoms with Gasteiger partial charge in [-0.3, -0.25) is 14.0 Å². The number of phosphoric ester groups is 1. The van der Waals surface area contributed by atoms with Crippen LogP contribution in [0.5, 0.6) is 0 Å². The zero-order chi connectivity index (χ0) is 17.5. The molecule has 12 heteroatoms. The molecule has 11 nitrogen and oxygen atoms in total. The van der Waals surface area contributed by atoms with Gasteiger partial charge in [0, 0.05) is 13.5 Å². The number of hydrogen-bond donors (Lipinski definition) is 3. The highest BCUT2D eigenvalue weighted by Gasteiger charge is 2.42. The summed E-state index contributed by atoms with van der Waals surface area (Å²) in [5.74, 6) is 0.243. The number of imidazole rings is 1. The smallest absolute Gasteiger partial charge is 0.467 e. The van der Waals surface area contributed by atoms with Gasteiger partial charge in [-0.1, -0.05) is 6.92 Å². The normalized spacial score (nSPS) is 23.3. The van der Waals surface area contributed by atoms with Crippen molar-refractivity contribution >= 4 is 24.8 Å². The second kappa shape index (κ2) is 6.02. The largest absolute Gasteiger partial charge is 0.527 e. The third-order valence-electron chi connectivity index (χ3n) is 3.50. The predicted molar refractivity (Wildman–Crippen MR) is 81.1 cm³/mol. The molecule has 0 spiro atoms. The van der Waals surface area contributed by atoms with E-state index in [1.165, 1.54) is 17.2 Å². The Labute approximate surface area is 136 Å². The number of phosphoric acid groups is 1. The van der Waals surface area contributed by atoms with Crippen molar-refractivity contribution in [3.63, 3.8) is 0 Å². The maximum Gasteiger partial charge on any atom is 0.527 e. The minimum atomic E-state index is -4.34. The van der Waals surface area contributed by atoms with Crippen LogP contribution in [0.1, 0.15) is 19.6 Å². The second-order valence-electron chi connectivity index (χ2n) is 4.92. The van der Waals surface area contributed by atoms with Crippen LogP contribution in [0.4, 0.5) is 5.82 Å². The summed E-state index contributed by atoms with van der Waals surface area (Å²) in [6, 6.07) is 0. The molecule has 0 radical (unpaired) electrons. The first kappa shape index (κ1) is 16.7. The van der Waals surface area contributed by atoms with E-state index in [9.17, 15) is 14.6 Å². The number of fused-ring (bicyclic) bond motifs is 1.